The third-order valence-corrected chi connectivity index (χ3v) is 4.83. The Morgan fingerprint density at radius 2 is 2.18 bits per heavy atom. The highest BCUT2D eigenvalue weighted by molar-refractivity contribution is 7.92. The highest BCUT2D eigenvalue weighted by atomic mass is 32.2. The summed E-state index contributed by atoms with van der Waals surface area (Å²) in [6.45, 7) is 3.39. The van der Waals surface area contributed by atoms with Crippen LogP contribution in [0.3, 0.4) is 0 Å². The van der Waals surface area contributed by atoms with Crippen LogP contribution < -0.4 is 0 Å². The molecule has 126 valence electrons. The van der Waals surface area contributed by atoms with Crippen molar-refractivity contribution in [2.75, 3.05) is 32.0 Å². The molecule has 0 N–H and O–H groups in total. The van der Waals surface area contributed by atoms with E-state index in [2.05, 4.69) is 5.10 Å². The maximum atomic E-state index is 12.3. The zero-order chi connectivity index (χ0) is 16.4. The van der Waals surface area contributed by atoms with Gasteiger partial charge in [0.25, 0.3) is 0 Å². The number of aromatic nitrogens is 2. The number of alkyl halides is 3. The van der Waals surface area contributed by atoms with E-state index in [9.17, 15) is 21.6 Å². The Morgan fingerprint density at radius 3 is 2.77 bits per heavy atom. The standard InChI is InChI=1S/C12H18F3N3O3S/c1-10-6-16-18(7-10)9-11-8-17(2-4-21-11)3-5-22(19,20)12(13,14)15/h6-7,11H,2-5,8-9H2,1H3. The summed E-state index contributed by atoms with van der Waals surface area (Å²) in [5.74, 6) is -0.926. The molecule has 22 heavy (non-hydrogen) atoms. The number of halogens is 3. The number of aryl methyl sites for hydroxylation is 1. The molecule has 2 rings (SSSR count). The van der Waals surface area contributed by atoms with Gasteiger partial charge in [-0.25, -0.2) is 8.42 Å². The number of rotatable bonds is 5. The van der Waals surface area contributed by atoms with Crippen molar-refractivity contribution >= 4 is 9.84 Å². The molecule has 0 spiro atoms. The molecule has 0 aromatic carbocycles. The van der Waals surface area contributed by atoms with Crippen molar-refractivity contribution in [2.45, 2.75) is 25.1 Å². The average Bonchev–Trinajstić information content (AvgIpc) is 2.81. The lowest BCUT2D eigenvalue weighted by atomic mass is 10.2. The van der Waals surface area contributed by atoms with E-state index in [1.165, 1.54) is 0 Å². The lowest BCUT2D eigenvalue weighted by Crippen LogP contribution is -2.46. The van der Waals surface area contributed by atoms with Gasteiger partial charge in [-0.1, -0.05) is 0 Å². The summed E-state index contributed by atoms with van der Waals surface area (Å²) in [7, 11) is -5.07. The predicted molar refractivity (Wildman–Crippen MR) is 73.0 cm³/mol. The van der Waals surface area contributed by atoms with Gasteiger partial charge in [-0.15, -0.1) is 0 Å². The Labute approximate surface area is 126 Å². The van der Waals surface area contributed by atoms with Crippen molar-refractivity contribution in [3.63, 3.8) is 0 Å². The quantitative estimate of drug-likeness (QED) is 0.794. The van der Waals surface area contributed by atoms with Crippen molar-refractivity contribution in [1.29, 1.82) is 0 Å². The fourth-order valence-corrected chi connectivity index (χ4v) is 2.96. The molecule has 1 fully saturated rings. The second-order valence-corrected chi connectivity index (χ2v) is 7.40. The molecule has 1 aliphatic heterocycles. The van der Waals surface area contributed by atoms with E-state index in [-0.39, 0.29) is 12.6 Å². The Morgan fingerprint density at radius 1 is 1.45 bits per heavy atom. The second-order valence-electron chi connectivity index (χ2n) is 5.30. The van der Waals surface area contributed by atoms with Crippen molar-refractivity contribution in [1.82, 2.24) is 14.7 Å². The normalized spacial score (nSPS) is 21.2. The van der Waals surface area contributed by atoms with Gasteiger partial charge in [0.1, 0.15) is 0 Å². The first kappa shape index (κ1) is 17.2. The molecule has 1 aromatic heterocycles. The number of nitrogens with zero attached hydrogens (tertiary/aromatic N) is 3. The molecule has 2 heterocycles. The van der Waals surface area contributed by atoms with Crippen LogP contribution in [0, 0.1) is 6.92 Å². The fourth-order valence-electron chi connectivity index (χ4n) is 2.23. The summed E-state index contributed by atoms with van der Waals surface area (Å²) in [5.41, 5.74) is -4.19. The highest BCUT2D eigenvalue weighted by Crippen LogP contribution is 2.24. The van der Waals surface area contributed by atoms with Crippen LogP contribution >= 0.6 is 0 Å². The third kappa shape index (κ3) is 4.43. The summed E-state index contributed by atoms with van der Waals surface area (Å²) < 4.78 is 66.3. The predicted octanol–water partition coefficient (Wildman–Crippen LogP) is 0.827. The average molecular weight is 341 g/mol. The van der Waals surface area contributed by atoms with Crippen molar-refractivity contribution in [3.05, 3.63) is 18.0 Å². The van der Waals surface area contributed by atoms with Crippen molar-refractivity contribution in [2.24, 2.45) is 0 Å². The van der Waals surface area contributed by atoms with E-state index in [1.807, 2.05) is 13.1 Å². The Balaban J connectivity index is 1.86. The van der Waals surface area contributed by atoms with E-state index in [0.717, 1.165) is 5.56 Å². The Hall–Kier alpha value is -1.13. The van der Waals surface area contributed by atoms with Gasteiger partial charge in [-0.05, 0) is 12.5 Å². The smallest absolute Gasteiger partial charge is 0.374 e. The number of ether oxygens (including phenoxy) is 1. The van der Waals surface area contributed by atoms with E-state index >= 15 is 0 Å². The van der Waals surface area contributed by atoms with Crippen LogP contribution in [0.1, 0.15) is 5.56 Å². The molecule has 0 radical (unpaired) electrons. The molecular formula is C12H18F3N3O3S. The Bertz CT molecular complexity index is 600. The summed E-state index contributed by atoms with van der Waals surface area (Å²) >= 11 is 0. The molecule has 0 saturated carbocycles. The maximum Gasteiger partial charge on any atom is 0.497 e. The largest absolute Gasteiger partial charge is 0.497 e. The molecule has 6 nitrogen and oxygen atoms in total. The molecule has 0 bridgehead atoms. The van der Waals surface area contributed by atoms with Gasteiger partial charge in [0, 0.05) is 25.8 Å². The van der Waals surface area contributed by atoms with E-state index in [1.54, 1.807) is 15.8 Å². The first-order valence-electron chi connectivity index (χ1n) is 6.79. The number of sulfone groups is 1. The molecule has 1 aromatic rings. The second kappa shape index (κ2) is 6.55. The van der Waals surface area contributed by atoms with Gasteiger partial charge in [0.15, 0.2) is 0 Å². The zero-order valence-electron chi connectivity index (χ0n) is 12.1. The van der Waals surface area contributed by atoms with Crippen LogP contribution in [0.15, 0.2) is 12.4 Å². The minimum absolute atomic E-state index is 0.153. The minimum atomic E-state index is -5.19. The van der Waals surface area contributed by atoms with E-state index < -0.39 is 21.1 Å². The van der Waals surface area contributed by atoms with Gasteiger partial charge in [-0.2, -0.15) is 18.3 Å². The molecule has 0 amide bonds. The van der Waals surface area contributed by atoms with Crippen LogP contribution in [0.2, 0.25) is 0 Å². The maximum absolute atomic E-state index is 12.3. The molecule has 1 saturated heterocycles. The molecule has 0 aliphatic carbocycles. The summed E-state index contributed by atoms with van der Waals surface area (Å²) in [6.07, 6.45) is 3.33. The fraction of sp³-hybridized carbons (Fsp3) is 0.750. The number of hydrogen-bond acceptors (Lipinski definition) is 5. The molecule has 1 atom stereocenters. The van der Waals surface area contributed by atoms with E-state index in [4.69, 9.17) is 4.74 Å². The summed E-state index contributed by atoms with van der Waals surface area (Å²) in [4.78, 5) is 1.67. The lowest BCUT2D eigenvalue weighted by molar-refractivity contribution is -0.0455. The summed E-state index contributed by atoms with van der Waals surface area (Å²) in [5, 5.41) is 4.13. The molecular weight excluding hydrogens is 323 g/mol. The number of hydrogen-bond donors (Lipinski definition) is 0. The third-order valence-electron chi connectivity index (χ3n) is 3.40. The van der Waals surface area contributed by atoms with E-state index in [0.29, 0.717) is 26.2 Å². The topological polar surface area (TPSA) is 64.4 Å². The monoisotopic (exact) mass is 341 g/mol. The van der Waals surface area contributed by atoms with Gasteiger partial charge in [0.2, 0.25) is 9.84 Å². The van der Waals surface area contributed by atoms with Crippen LogP contribution in [-0.4, -0.2) is 66.7 Å². The van der Waals surface area contributed by atoms with Crippen LogP contribution in [0.4, 0.5) is 13.2 Å². The highest BCUT2D eigenvalue weighted by Gasteiger charge is 2.45. The SMILES string of the molecule is Cc1cnn(CC2CN(CCS(=O)(=O)C(F)(F)F)CCO2)c1. The van der Waals surface area contributed by atoms with Gasteiger partial charge < -0.3 is 4.74 Å². The molecule has 1 unspecified atom stereocenters. The van der Waals surface area contributed by atoms with Crippen LogP contribution in [-0.2, 0) is 21.1 Å². The lowest BCUT2D eigenvalue weighted by Gasteiger charge is -2.32. The summed E-state index contributed by atoms with van der Waals surface area (Å²) in [6, 6.07) is 0. The van der Waals surface area contributed by atoms with Crippen LogP contribution in [0.5, 0.6) is 0 Å². The van der Waals surface area contributed by atoms with Crippen molar-refractivity contribution in [3.8, 4) is 0 Å². The Kier molecular flexibility index (Phi) is 5.13. The first-order valence-corrected chi connectivity index (χ1v) is 8.44. The van der Waals surface area contributed by atoms with Crippen molar-refractivity contribution < 1.29 is 26.3 Å². The molecule has 10 heteroatoms. The zero-order valence-corrected chi connectivity index (χ0v) is 12.9. The first-order chi connectivity index (χ1) is 10.2. The van der Waals surface area contributed by atoms with Gasteiger partial charge >= 0.3 is 5.51 Å². The number of morpholine rings is 1. The van der Waals surface area contributed by atoms with Gasteiger partial charge in [0.05, 0.1) is 31.2 Å². The molecule has 1 aliphatic rings. The minimum Gasteiger partial charge on any atom is -0.374 e. The van der Waals surface area contributed by atoms with Gasteiger partial charge in [-0.3, -0.25) is 9.58 Å². The van der Waals surface area contributed by atoms with Crippen LogP contribution in [0.25, 0.3) is 0 Å².